The van der Waals surface area contributed by atoms with Crippen molar-refractivity contribution in [2.24, 2.45) is 11.8 Å². The van der Waals surface area contributed by atoms with E-state index in [9.17, 15) is 9.59 Å². The van der Waals surface area contributed by atoms with Gasteiger partial charge in [0.1, 0.15) is 0 Å². The number of benzene rings is 1. The second kappa shape index (κ2) is 20.1. The zero-order valence-corrected chi connectivity index (χ0v) is 20.7. The van der Waals surface area contributed by atoms with Crippen molar-refractivity contribution >= 4 is 12.4 Å². The molecule has 0 aromatic heterocycles. The van der Waals surface area contributed by atoms with Gasteiger partial charge in [0.15, 0.2) is 0 Å². The summed E-state index contributed by atoms with van der Waals surface area (Å²) in [5, 5.41) is 0. The van der Waals surface area contributed by atoms with Gasteiger partial charge in [-0.2, -0.15) is 0 Å². The Morgan fingerprint density at radius 1 is 0.774 bits per heavy atom. The van der Waals surface area contributed by atoms with E-state index >= 15 is 0 Å². The second-order valence-electron chi connectivity index (χ2n) is 9.16. The lowest BCUT2D eigenvalue weighted by Crippen LogP contribution is -2.06. The average Bonchev–Trinajstić information content (AvgIpc) is 2.73. The number of hydrogen-bond acceptors (Lipinski definition) is 4. The largest absolute Gasteiger partial charge is 0.468 e. The van der Waals surface area contributed by atoms with Crippen LogP contribution in [0.25, 0.3) is 0 Å². The van der Waals surface area contributed by atoms with Crippen molar-refractivity contribution in [2.45, 2.75) is 98.8 Å². The number of carbonyl (C=O) groups is 2. The van der Waals surface area contributed by atoms with Gasteiger partial charge in [0, 0.05) is 0 Å². The molecule has 0 amide bonds. The lowest BCUT2D eigenvalue weighted by Gasteiger charge is -2.06. The Morgan fingerprint density at radius 2 is 1.26 bits per heavy atom. The molecule has 0 atom stereocenters. The Kier molecular flexibility index (Phi) is 18.9. The molecule has 1 rings (SSSR count). The number of unbranched alkanes of at least 4 members (excludes halogenated alkanes) is 6. The molecule has 1 aromatic rings. The predicted molar refractivity (Wildman–Crippen MR) is 129 cm³/mol. The third-order valence-corrected chi connectivity index (χ3v) is 5.06. The fraction of sp³-hybridized carbons (Fsp3) is 0.704. The highest BCUT2D eigenvalue weighted by atomic mass is 16.5. The minimum atomic E-state index is -0.206. The molecule has 0 heterocycles. The molecule has 0 saturated heterocycles. The van der Waals surface area contributed by atoms with Crippen LogP contribution >= 0.6 is 0 Å². The first kappa shape index (κ1) is 29.2. The topological polar surface area (TPSA) is 52.6 Å². The van der Waals surface area contributed by atoms with Crippen LogP contribution in [0.1, 0.15) is 108 Å². The van der Waals surface area contributed by atoms with Crippen molar-refractivity contribution in [3.8, 4) is 0 Å². The molecule has 4 nitrogen and oxygen atoms in total. The number of rotatable bonds is 16. The summed E-state index contributed by atoms with van der Waals surface area (Å²) >= 11 is 0. The molecule has 178 valence electrons. The molecule has 31 heavy (non-hydrogen) atoms. The smallest absolute Gasteiger partial charge is 0.338 e. The van der Waals surface area contributed by atoms with E-state index < -0.39 is 0 Å². The number of ether oxygens (including phenoxy) is 2. The first-order valence-corrected chi connectivity index (χ1v) is 12.2. The van der Waals surface area contributed by atoms with Crippen molar-refractivity contribution in [1.82, 2.24) is 0 Å². The summed E-state index contributed by atoms with van der Waals surface area (Å²) in [6.45, 7) is 12.7. The predicted octanol–water partition coefficient (Wildman–Crippen LogP) is 7.52. The van der Waals surface area contributed by atoms with E-state index in [1.54, 1.807) is 0 Å². The molecule has 0 unspecified atom stereocenters. The van der Waals surface area contributed by atoms with Gasteiger partial charge in [0.2, 0.25) is 0 Å². The van der Waals surface area contributed by atoms with Gasteiger partial charge in [-0.15, -0.1) is 0 Å². The van der Waals surface area contributed by atoms with E-state index in [4.69, 9.17) is 4.74 Å². The highest BCUT2D eigenvalue weighted by Gasteiger charge is 2.05. The van der Waals surface area contributed by atoms with E-state index in [1.807, 2.05) is 31.2 Å². The number of hydrogen-bond donors (Lipinski definition) is 0. The van der Waals surface area contributed by atoms with Gasteiger partial charge in [-0.3, -0.25) is 4.79 Å². The van der Waals surface area contributed by atoms with Crippen LogP contribution in [0.15, 0.2) is 24.3 Å². The summed E-state index contributed by atoms with van der Waals surface area (Å²) < 4.78 is 9.84. The average molecular weight is 435 g/mol. The summed E-state index contributed by atoms with van der Waals surface area (Å²) in [5.41, 5.74) is 1.80. The van der Waals surface area contributed by atoms with Crippen LogP contribution in [0.3, 0.4) is 0 Å². The second-order valence-corrected chi connectivity index (χ2v) is 9.16. The Morgan fingerprint density at radius 3 is 1.74 bits per heavy atom. The lowest BCUT2D eigenvalue weighted by atomic mass is 10.0. The minimum Gasteiger partial charge on any atom is -0.468 e. The SMILES string of the molecule is CC(C)CCCCCCOC=O.Cc1ccc(C(=O)OCCCCCCC(C)C)cc1. The van der Waals surface area contributed by atoms with Crippen LogP contribution < -0.4 is 0 Å². The minimum absolute atomic E-state index is 0.206. The van der Waals surface area contributed by atoms with Crippen LogP contribution in [-0.4, -0.2) is 25.7 Å². The molecule has 0 aliphatic heterocycles. The quantitative estimate of drug-likeness (QED) is 0.153. The first-order valence-electron chi connectivity index (χ1n) is 12.2. The number of esters is 1. The molecule has 1 aromatic carbocycles. The molecular weight excluding hydrogens is 388 g/mol. The van der Waals surface area contributed by atoms with Crippen LogP contribution in [0.5, 0.6) is 0 Å². The van der Waals surface area contributed by atoms with E-state index in [1.165, 1.54) is 44.9 Å². The van der Waals surface area contributed by atoms with Gasteiger partial charge in [-0.1, -0.05) is 96.8 Å². The molecule has 0 spiro atoms. The molecule has 0 bridgehead atoms. The van der Waals surface area contributed by atoms with Gasteiger partial charge >= 0.3 is 5.97 Å². The van der Waals surface area contributed by atoms with Gasteiger partial charge < -0.3 is 9.47 Å². The fourth-order valence-electron chi connectivity index (χ4n) is 3.09. The number of aryl methyl sites for hydroxylation is 1. The first-order chi connectivity index (χ1) is 14.9. The van der Waals surface area contributed by atoms with Crippen LogP contribution in [0.4, 0.5) is 0 Å². The summed E-state index contributed by atoms with van der Waals surface area (Å²) in [4.78, 5) is 21.5. The molecule has 0 aliphatic carbocycles. The van der Waals surface area contributed by atoms with Gasteiger partial charge in [0.05, 0.1) is 18.8 Å². The normalized spacial score (nSPS) is 10.5. The molecule has 0 N–H and O–H groups in total. The Balaban J connectivity index is 0.000000649. The molecule has 0 aliphatic rings. The van der Waals surface area contributed by atoms with Crippen molar-refractivity contribution in [2.75, 3.05) is 13.2 Å². The van der Waals surface area contributed by atoms with Crippen LogP contribution in [-0.2, 0) is 14.3 Å². The highest BCUT2D eigenvalue weighted by molar-refractivity contribution is 5.89. The molecular formula is C27H46O4. The molecule has 4 heteroatoms. The summed E-state index contributed by atoms with van der Waals surface area (Å²) in [6.07, 6.45) is 12.0. The van der Waals surface area contributed by atoms with Crippen molar-refractivity contribution < 1.29 is 19.1 Å². The van der Waals surface area contributed by atoms with Crippen molar-refractivity contribution in [1.29, 1.82) is 0 Å². The van der Waals surface area contributed by atoms with Crippen molar-refractivity contribution in [3.05, 3.63) is 35.4 Å². The molecule has 0 fully saturated rings. The number of carbonyl (C=O) groups excluding carboxylic acids is 2. The summed E-state index contributed by atoms with van der Waals surface area (Å²) in [5.74, 6) is 1.40. The monoisotopic (exact) mass is 434 g/mol. The fourth-order valence-corrected chi connectivity index (χ4v) is 3.09. The van der Waals surface area contributed by atoms with Gasteiger partial charge in [-0.25, -0.2) is 4.79 Å². The Bertz CT molecular complexity index is 549. The maximum absolute atomic E-state index is 11.7. The van der Waals surface area contributed by atoms with E-state index in [0.29, 0.717) is 25.2 Å². The third-order valence-electron chi connectivity index (χ3n) is 5.06. The van der Waals surface area contributed by atoms with E-state index in [-0.39, 0.29) is 5.97 Å². The zero-order valence-electron chi connectivity index (χ0n) is 20.7. The van der Waals surface area contributed by atoms with Gasteiger partial charge in [-0.05, 0) is 43.7 Å². The van der Waals surface area contributed by atoms with E-state index in [0.717, 1.165) is 36.7 Å². The Labute approximate surface area is 191 Å². The third kappa shape index (κ3) is 19.8. The van der Waals surface area contributed by atoms with Gasteiger partial charge in [0.25, 0.3) is 6.47 Å². The summed E-state index contributed by atoms with van der Waals surface area (Å²) in [6, 6.07) is 7.51. The Hall–Kier alpha value is -1.84. The maximum Gasteiger partial charge on any atom is 0.338 e. The van der Waals surface area contributed by atoms with Crippen LogP contribution in [0, 0.1) is 18.8 Å². The molecule has 0 radical (unpaired) electrons. The molecule has 0 saturated carbocycles. The zero-order chi connectivity index (χ0) is 23.3. The van der Waals surface area contributed by atoms with E-state index in [2.05, 4.69) is 32.4 Å². The maximum atomic E-state index is 11.7. The summed E-state index contributed by atoms with van der Waals surface area (Å²) in [7, 11) is 0. The lowest BCUT2D eigenvalue weighted by molar-refractivity contribution is -0.128. The van der Waals surface area contributed by atoms with Crippen molar-refractivity contribution in [3.63, 3.8) is 0 Å². The highest BCUT2D eigenvalue weighted by Crippen LogP contribution is 2.11. The van der Waals surface area contributed by atoms with Crippen LogP contribution in [0.2, 0.25) is 0 Å². The standard InChI is InChI=1S/C17H26O2.C10H20O2/c1-14(2)8-6-4-5-7-13-19-17(18)16-11-9-15(3)10-12-16;1-10(2)7-5-3-4-6-8-12-9-11/h9-12,14H,4-8,13H2,1-3H3;9-10H,3-8H2,1-2H3.